The molecule has 1 atom stereocenters. The van der Waals surface area contributed by atoms with Crippen LogP contribution in [0.4, 0.5) is 5.69 Å². The molecule has 1 aliphatic carbocycles. The zero-order valence-electron chi connectivity index (χ0n) is 17.5. The molecular formula is C24H24N2O5. The fraction of sp³-hybridized carbons (Fsp3) is 0.333. The summed E-state index contributed by atoms with van der Waals surface area (Å²) < 4.78 is 5.38. The van der Waals surface area contributed by atoms with Crippen LogP contribution in [0, 0.1) is 5.92 Å². The number of anilines is 1. The van der Waals surface area contributed by atoms with Gasteiger partial charge in [-0.1, -0.05) is 31.2 Å². The van der Waals surface area contributed by atoms with Crippen LogP contribution < -0.4 is 5.73 Å². The Morgan fingerprint density at radius 2 is 1.61 bits per heavy atom. The molecule has 0 bridgehead atoms. The summed E-state index contributed by atoms with van der Waals surface area (Å²) in [5.41, 5.74) is 6.73. The van der Waals surface area contributed by atoms with E-state index in [0.29, 0.717) is 24.6 Å². The number of carbonyl (C=O) groups excluding carboxylic acids is 4. The van der Waals surface area contributed by atoms with E-state index in [4.69, 9.17) is 10.5 Å². The molecule has 1 amide bonds. The smallest absolute Gasteiger partial charge is 0.341 e. The maximum absolute atomic E-state index is 13.0. The van der Waals surface area contributed by atoms with Gasteiger partial charge in [0, 0.05) is 29.8 Å². The first-order valence-corrected chi connectivity index (χ1v) is 10.4. The number of likely N-dealkylation sites (tertiary alicyclic amines) is 1. The molecule has 1 aliphatic heterocycles. The van der Waals surface area contributed by atoms with Gasteiger partial charge >= 0.3 is 5.97 Å². The maximum Gasteiger partial charge on any atom is 0.341 e. The molecule has 4 rings (SSSR count). The standard InChI is InChI=1S/C24H24N2O5/c1-13-9-11-26(12-10-13)23(29)14(2)31-24(30)18-8-7-17-19(20(18)25)22(28)16-6-4-3-5-15(16)21(17)27/h3-8,13-14H,9-12,25H2,1-2H3. The molecule has 0 radical (unpaired) electrons. The Morgan fingerprint density at radius 1 is 1.00 bits per heavy atom. The summed E-state index contributed by atoms with van der Waals surface area (Å²) in [5, 5.41) is 0. The molecule has 2 N–H and O–H groups in total. The predicted molar refractivity (Wildman–Crippen MR) is 114 cm³/mol. The van der Waals surface area contributed by atoms with Crippen LogP contribution in [0.2, 0.25) is 0 Å². The molecule has 1 fully saturated rings. The Morgan fingerprint density at radius 3 is 2.26 bits per heavy atom. The topological polar surface area (TPSA) is 107 Å². The predicted octanol–water partition coefficient (Wildman–Crippen LogP) is 2.85. The van der Waals surface area contributed by atoms with Crippen molar-refractivity contribution in [1.29, 1.82) is 0 Å². The minimum Gasteiger partial charge on any atom is -0.449 e. The lowest BCUT2D eigenvalue weighted by molar-refractivity contribution is -0.141. The number of nitrogens with two attached hydrogens (primary N) is 1. The minimum atomic E-state index is -0.977. The fourth-order valence-corrected chi connectivity index (χ4v) is 4.15. The average Bonchev–Trinajstić information content (AvgIpc) is 2.77. The Kier molecular flexibility index (Phi) is 5.35. The van der Waals surface area contributed by atoms with Crippen molar-refractivity contribution in [2.45, 2.75) is 32.8 Å². The van der Waals surface area contributed by atoms with E-state index in [9.17, 15) is 19.2 Å². The Hall–Kier alpha value is -3.48. The SMILES string of the molecule is CC1CCN(C(=O)C(C)OC(=O)c2ccc3c(c2N)C(=O)c2ccccc2C3=O)CC1. The quantitative estimate of drug-likeness (QED) is 0.516. The number of piperidine rings is 1. The van der Waals surface area contributed by atoms with E-state index in [1.807, 2.05) is 0 Å². The van der Waals surface area contributed by atoms with Crippen molar-refractivity contribution in [3.05, 3.63) is 64.2 Å². The summed E-state index contributed by atoms with van der Waals surface area (Å²) in [4.78, 5) is 52.9. The van der Waals surface area contributed by atoms with E-state index >= 15 is 0 Å². The number of hydrogen-bond acceptors (Lipinski definition) is 6. The summed E-state index contributed by atoms with van der Waals surface area (Å²) in [5.74, 6) is -1.21. The Balaban J connectivity index is 1.57. The van der Waals surface area contributed by atoms with Gasteiger partial charge in [-0.05, 0) is 37.8 Å². The first-order chi connectivity index (χ1) is 14.8. The number of ketones is 2. The highest BCUT2D eigenvalue weighted by molar-refractivity contribution is 6.30. The van der Waals surface area contributed by atoms with Crippen LogP contribution in [-0.4, -0.2) is 47.5 Å². The number of nitrogens with zero attached hydrogens (tertiary/aromatic N) is 1. The summed E-state index contributed by atoms with van der Waals surface area (Å²) in [7, 11) is 0. The lowest BCUT2D eigenvalue weighted by Crippen LogP contribution is -2.44. The number of ether oxygens (including phenoxy) is 1. The van der Waals surface area contributed by atoms with Gasteiger partial charge in [0.1, 0.15) is 0 Å². The molecule has 1 unspecified atom stereocenters. The van der Waals surface area contributed by atoms with Crippen molar-refractivity contribution >= 4 is 29.1 Å². The van der Waals surface area contributed by atoms with Gasteiger partial charge < -0.3 is 15.4 Å². The van der Waals surface area contributed by atoms with E-state index in [2.05, 4.69) is 6.92 Å². The Labute approximate surface area is 180 Å². The van der Waals surface area contributed by atoms with Crippen LogP contribution in [0.5, 0.6) is 0 Å². The molecule has 2 aliphatic rings. The number of amides is 1. The largest absolute Gasteiger partial charge is 0.449 e. The number of carbonyl (C=O) groups is 4. The van der Waals surface area contributed by atoms with Gasteiger partial charge in [0.15, 0.2) is 17.7 Å². The van der Waals surface area contributed by atoms with Crippen molar-refractivity contribution in [2.24, 2.45) is 5.92 Å². The van der Waals surface area contributed by atoms with Gasteiger partial charge in [0.2, 0.25) is 0 Å². The van der Waals surface area contributed by atoms with Gasteiger partial charge in [-0.2, -0.15) is 0 Å². The maximum atomic E-state index is 13.0. The van der Waals surface area contributed by atoms with Crippen LogP contribution >= 0.6 is 0 Å². The van der Waals surface area contributed by atoms with Gasteiger partial charge in [-0.15, -0.1) is 0 Å². The molecular weight excluding hydrogens is 396 g/mol. The van der Waals surface area contributed by atoms with Gasteiger partial charge in [0.25, 0.3) is 5.91 Å². The summed E-state index contributed by atoms with van der Waals surface area (Å²) in [6, 6.07) is 9.28. The zero-order valence-corrected chi connectivity index (χ0v) is 17.5. The van der Waals surface area contributed by atoms with Crippen molar-refractivity contribution in [3.8, 4) is 0 Å². The van der Waals surface area contributed by atoms with Crippen molar-refractivity contribution in [3.63, 3.8) is 0 Å². The van der Waals surface area contributed by atoms with Crippen LogP contribution in [0.1, 0.15) is 68.9 Å². The number of fused-ring (bicyclic) bond motifs is 2. The van der Waals surface area contributed by atoms with E-state index in [1.165, 1.54) is 19.1 Å². The molecule has 0 saturated carbocycles. The second kappa shape index (κ2) is 7.98. The van der Waals surface area contributed by atoms with Crippen molar-refractivity contribution < 1.29 is 23.9 Å². The van der Waals surface area contributed by atoms with E-state index < -0.39 is 17.9 Å². The van der Waals surface area contributed by atoms with Crippen LogP contribution in [0.3, 0.4) is 0 Å². The molecule has 0 spiro atoms. The number of hydrogen-bond donors (Lipinski definition) is 1. The highest BCUT2D eigenvalue weighted by atomic mass is 16.5. The number of rotatable bonds is 3. The lowest BCUT2D eigenvalue weighted by Gasteiger charge is -2.32. The number of benzene rings is 2. The molecule has 7 heteroatoms. The van der Waals surface area contributed by atoms with Gasteiger partial charge in [-0.25, -0.2) is 4.79 Å². The normalized spacial score (nSPS) is 17.0. The van der Waals surface area contributed by atoms with Crippen molar-refractivity contribution in [2.75, 3.05) is 18.8 Å². The van der Waals surface area contributed by atoms with E-state index in [-0.39, 0.29) is 39.6 Å². The molecule has 160 valence electrons. The van der Waals surface area contributed by atoms with E-state index in [1.54, 1.807) is 29.2 Å². The zero-order chi connectivity index (χ0) is 22.3. The number of esters is 1. The number of nitrogen functional groups attached to an aromatic ring is 1. The molecule has 7 nitrogen and oxygen atoms in total. The van der Waals surface area contributed by atoms with E-state index in [0.717, 1.165) is 12.8 Å². The summed E-state index contributed by atoms with van der Waals surface area (Å²) >= 11 is 0. The first kappa shape index (κ1) is 20.8. The third kappa shape index (κ3) is 3.60. The highest BCUT2D eigenvalue weighted by Crippen LogP contribution is 2.33. The third-order valence-corrected chi connectivity index (χ3v) is 6.08. The Bertz CT molecular complexity index is 1100. The first-order valence-electron chi connectivity index (χ1n) is 10.4. The third-order valence-electron chi connectivity index (χ3n) is 6.08. The van der Waals surface area contributed by atoms with Crippen molar-refractivity contribution in [1.82, 2.24) is 4.90 Å². The van der Waals surface area contributed by atoms with Gasteiger partial charge in [0.05, 0.1) is 16.8 Å². The molecule has 2 aromatic carbocycles. The average molecular weight is 420 g/mol. The second-order valence-electron chi connectivity index (χ2n) is 8.21. The van der Waals surface area contributed by atoms with Crippen LogP contribution in [0.25, 0.3) is 0 Å². The molecule has 0 aromatic heterocycles. The van der Waals surface area contributed by atoms with Crippen LogP contribution in [0.15, 0.2) is 36.4 Å². The molecule has 1 saturated heterocycles. The molecule has 1 heterocycles. The molecule has 31 heavy (non-hydrogen) atoms. The highest BCUT2D eigenvalue weighted by Gasteiger charge is 2.34. The monoisotopic (exact) mass is 420 g/mol. The summed E-state index contributed by atoms with van der Waals surface area (Å²) in [6.07, 6.45) is 0.859. The van der Waals surface area contributed by atoms with Crippen LogP contribution in [-0.2, 0) is 9.53 Å². The minimum absolute atomic E-state index is 0.00199. The lowest BCUT2D eigenvalue weighted by atomic mass is 9.82. The molecule has 2 aromatic rings. The second-order valence-corrected chi connectivity index (χ2v) is 8.21. The van der Waals surface area contributed by atoms with Gasteiger partial charge in [-0.3, -0.25) is 14.4 Å². The summed E-state index contributed by atoms with van der Waals surface area (Å²) in [6.45, 7) is 4.95. The fourth-order valence-electron chi connectivity index (χ4n) is 4.15.